The summed E-state index contributed by atoms with van der Waals surface area (Å²) in [5, 5.41) is 13.9. The number of carbonyl (C=O) groups is 1. The highest BCUT2D eigenvalue weighted by molar-refractivity contribution is 7.18. The normalized spacial score (nSPS) is 20.8. The van der Waals surface area contributed by atoms with E-state index in [0.29, 0.717) is 5.02 Å². The first kappa shape index (κ1) is 15.2. The quantitative estimate of drug-likeness (QED) is 0.863. The molecule has 1 aliphatic carbocycles. The van der Waals surface area contributed by atoms with Crippen molar-refractivity contribution in [2.24, 2.45) is 5.92 Å². The number of ether oxygens (including phenoxy) is 1. The number of nitrogens with zero attached hydrogens (tertiary/aromatic N) is 2. The number of carbonyl (C=O) groups excluding carboxylic acids is 1. The molecular weight excluding hydrogens is 322 g/mol. The molecule has 0 radical (unpaired) electrons. The van der Waals surface area contributed by atoms with Crippen LogP contribution in [-0.4, -0.2) is 29.3 Å². The average Bonchev–Trinajstić information content (AvgIpc) is 3.17. The first-order valence-electron chi connectivity index (χ1n) is 7.10. The maximum atomic E-state index is 11.5. The SMILES string of the molecule is COC(=O)[C@H]1CC[C@@H](Nc2nnc(-c3ccccc3Cl)s2)C1. The first-order valence-corrected chi connectivity index (χ1v) is 8.29. The first-order chi connectivity index (χ1) is 10.7. The van der Waals surface area contributed by atoms with Crippen LogP contribution in [0.15, 0.2) is 24.3 Å². The Labute approximate surface area is 137 Å². The smallest absolute Gasteiger partial charge is 0.308 e. The fourth-order valence-corrected chi connectivity index (χ4v) is 3.83. The van der Waals surface area contributed by atoms with E-state index in [1.54, 1.807) is 0 Å². The Hall–Kier alpha value is -1.66. The highest BCUT2D eigenvalue weighted by Gasteiger charge is 2.31. The molecule has 0 saturated heterocycles. The van der Waals surface area contributed by atoms with Crippen LogP contribution in [0.2, 0.25) is 5.02 Å². The Morgan fingerprint density at radius 1 is 1.36 bits per heavy atom. The van der Waals surface area contributed by atoms with Gasteiger partial charge in [-0.2, -0.15) is 0 Å². The van der Waals surface area contributed by atoms with Crippen molar-refractivity contribution in [3.05, 3.63) is 29.3 Å². The number of halogens is 1. The number of nitrogens with one attached hydrogen (secondary N) is 1. The predicted octanol–water partition coefficient (Wildman–Crippen LogP) is 3.61. The fourth-order valence-electron chi connectivity index (χ4n) is 2.69. The molecule has 1 aromatic carbocycles. The lowest BCUT2D eigenvalue weighted by Gasteiger charge is -2.10. The van der Waals surface area contributed by atoms with Gasteiger partial charge in [0.1, 0.15) is 0 Å². The number of esters is 1. The van der Waals surface area contributed by atoms with Gasteiger partial charge in [-0.25, -0.2) is 0 Å². The third kappa shape index (κ3) is 3.23. The van der Waals surface area contributed by atoms with Gasteiger partial charge >= 0.3 is 5.97 Å². The Bertz CT molecular complexity index is 676. The van der Waals surface area contributed by atoms with Crippen molar-refractivity contribution in [2.75, 3.05) is 12.4 Å². The van der Waals surface area contributed by atoms with Crippen LogP contribution in [0.25, 0.3) is 10.6 Å². The topological polar surface area (TPSA) is 64.1 Å². The molecule has 1 aromatic heterocycles. The van der Waals surface area contributed by atoms with Gasteiger partial charge in [0.25, 0.3) is 0 Å². The van der Waals surface area contributed by atoms with Gasteiger partial charge in [-0.3, -0.25) is 4.79 Å². The number of methoxy groups -OCH3 is 1. The zero-order chi connectivity index (χ0) is 15.5. The molecular formula is C15H16ClN3O2S. The van der Waals surface area contributed by atoms with Crippen LogP contribution in [0.5, 0.6) is 0 Å². The zero-order valence-electron chi connectivity index (χ0n) is 12.1. The van der Waals surface area contributed by atoms with Crippen LogP contribution < -0.4 is 5.32 Å². The minimum absolute atomic E-state index is 0.0153. The second-order valence-electron chi connectivity index (χ2n) is 5.27. The van der Waals surface area contributed by atoms with Crippen LogP contribution in [0, 0.1) is 5.92 Å². The van der Waals surface area contributed by atoms with E-state index in [2.05, 4.69) is 15.5 Å². The van der Waals surface area contributed by atoms with E-state index in [1.165, 1.54) is 18.4 Å². The monoisotopic (exact) mass is 337 g/mol. The third-order valence-electron chi connectivity index (χ3n) is 3.82. The molecule has 1 fully saturated rings. The van der Waals surface area contributed by atoms with Gasteiger partial charge in [0.15, 0.2) is 5.01 Å². The molecule has 22 heavy (non-hydrogen) atoms. The van der Waals surface area contributed by atoms with Crippen molar-refractivity contribution in [2.45, 2.75) is 25.3 Å². The molecule has 1 heterocycles. The molecule has 0 aliphatic heterocycles. The molecule has 1 N–H and O–H groups in total. The van der Waals surface area contributed by atoms with Crippen LogP contribution in [0.4, 0.5) is 5.13 Å². The molecule has 116 valence electrons. The Morgan fingerprint density at radius 3 is 2.95 bits per heavy atom. The van der Waals surface area contributed by atoms with E-state index in [0.717, 1.165) is 35.0 Å². The predicted molar refractivity (Wildman–Crippen MR) is 87.1 cm³/mol. The van der Waals surface area contributed by atoms with Gasteiger partial charge in [-0.1, -0.05) is 41.1 Å². The summed E-state index contributed by atoms with van der Waals surface area (Å²) in [4.78, 5) is 11.5. The molecule has 2 aromatic rings. The number of hydrogen-bond donors (Lipinski definition) is 1. The maximum Gasteiger partial charge on any atom is 0.308 e. The van der Waals surface area contributed by atoms with E-state index in [-0.39, 0.29) is 17.9 Å². The molecule has 0 unspecified atom stereocenters. The highest BCUT2D eigenvalue weighted by atomic mass is 35.5. The molecule has 2 atom stereocenters. The summed E-state index contributed by atoms with van der Waals surface area (Å²) in [7, 11) is 1.43. The number of aromatic nitrogens is 2. The lowest BCUT2D eigenvalue weighted by atomic mass is 10.1. The molecule has 0 spiro atoms. The summed E-state index contributed by atoms with van der Waals surface area (Å²) in [6, 6.07) is 7.81. The molecule has 0 amide bonds. The van der Waals surface area contributed by atoms with Gasteiger partial charge in [0.2, 0.25) is 5.13 Å². The summed E-state index contributed by atoms with van der Waals surface area (Å²) in [6.07, 6.45) is 2.55. The zero-order valence-corrected chi connectivity index (χ0v) is 13.7. The second-order valence-corrected chi connectivity index (χ2v) is 6.65. The largest absolute Gasteiger partial charge is 0.469 e. The molecule has 3 rings (SSSR count). The minimum Gasteiger partial charge on any atom is -0.469 e. The summed E-state index contributed by atoms with van der Waals surface area (Å²) in [6.45, 7) is 0. The van der Waals surface area contributed by atoms with Gasteiger partial charge in [0, 0.05) is 11.6 Å². The van der Waals surface area contributed by atoms with Crippen molar-refractivity contribution in [1.29, 1.82) is 0 Å². The third-order valence-corrected chi connectivity index (χ3v) is 5.04. The summed E-state index contributed by atoms with van der Waals surface area (Å²) >= 11 is 7.64. The van der Waals surface area contributed by atoms with Crippen LogP contribution in [0.1, 0.15) is 19.3 Å². The van der Waals surface area contributed by atoms with Crippen molar-refractivity contribution in [3.63, 3.8) is 0 Å². The number of anilines is 1. The van der Waals surface area contributed by atoms with Crippen molar-refractivity contribution in [1.82, 2.24) is 10.2 Å². The molecule has 5 nitrogen and oxygen atoms in total. The Balaban J connectivity index is 1.66. The molecule has 1 aliphatic rings. The van der Waals surface area contributed by atoms with Gasteiger partial charge < -0.3 is 10.1 Å². The van der Waals surface area contributed by atoms with Crippen LogP contribution in [0.3, 0.4) is 0 Å². The van der Waals surface area contributed by atoms with Crippen LogP contribution >= 0.6 is 22.9 Å². The lowest BCUT2D eigenvalue weighted by molar-refractivity contribution is -0.145. The van der Waals surface area contributed by atoms with Crippen LogP contribution in [-0.2, 0) is 9.53 Å². The summed E-state index contributed by atoms with van der Waals surface area (Å²) in [5.41, 5.74) is 0.883. The maximum absolute atomic E-state index is 11.5. The molecule has 7 heteroatoms. The molecule has 1 saturated carbocycles. The summed E-state index contributed by atoms with van der Waals surface area (Å²) < 4.78 is 4.80. The van der Waals surface area contributed by atoms with E-state index in [4.69, 9.17) is 16.3 Å². The minimum atomic E-state index is -0.127. The van der Waals surface area contributed by atoms with Gasteiger partial charge in [-0.15, -0.1) is 10.2 Å². The average molecular weight is 338 g/mol. The lowest BCUT2D eigenvalue weighted by Crippen LogP contribution is -2.18. The number of rotatable bonds is 4. The number of benzene rings is 1. The van der Waals surface area contributed by atoms with E-state index >= 15 is 0 Å². The Morgan fingerprint density at radius 2 is 2.18 bits per heavy atom. The van der Waals surface area contributed by atoms with Crippen molar-refractivity contribution in [3.8, 4) is 10.6 Å². The van der Waals surface area contributed by atoms with E-state index in [1.807, 2.05) is 24.3 Å². The number of hydrogen-bond acceptors (Lipinski definition) is 6. The fraction of sp³-hybridized carbons (Fsp3) is 0.400. The van der Waals surface area contributed by atoms with Crippen molar-refractivity contribution < 1.29 is 9.53 Å². The second kappa shape index (κ2) is 6.62. The molecule has 0 bridgehead atoms. The van der Waals surface area contributed by atoms with E-state index < -0.39 is 0 Å². The van der Waals surface area contributed by atoms with Gasteiger partial charge in [0.05, 0.1) is 18.1 Å². The van der Waals surface area contributed by atoms with E-state index in [9.17, 15) is 4.79 Å². The van der Waals surface area contributed by atoms with Gasteiger partial charge in [-0.05, 0) is 25.3 Å². The van der Waals surface area contributed by atoms with Crippen molar-refractivity contribution >= 4 is 34.0 Å². The Kier molecular flexibility index (Phi) is 4.59. The standard InChI is InChI=1S/C15H16ClN3O2S/c1-21-14(20)9-6-7-10(8-9)17-15-19-18-13(22-15)11-4-2-3-5-12(11)16/h2-5,9-10H,6-8H2,1H3,(H,17,19)/t9-,10+/m0/s1. The summed E-state index contributed by atoms with van der Waals surface area (Å²) in [5.74, 6) is -0.142. The highest BCUT2D eigenvalue weighted by Crippen LogP contribution is 2.34.